The Labute approximate surface area is 174 Å². The van der Waals surface area contributed by atoms with Crippen LogP contribution in [0.3, 0.4) is 0 Å². The highest BCUT2D eigenvalue weighted by molar-refractivity contribution is 7.10. The van der Waals surface area contributed by atoms with E-state index < -0.39 is 35.1 Å². The monoisotopic (exact) mass is 427 g/mol. The van der Waals surface area contributed by atoms with Crippen molar-refractivity contribution < 1.29 is 28.2 Å². The number of methoxy groups -OCH3 is 1. The van der Waals surface area contributed by atoms with Crippen molar-refractivity contribution in [1.82, 2.24) is 0 Å². The zero-order valence-corrected chi connectivity index (χ0v) is 16.5. The standard InChI is InChI=1S/C22H15F2NO4S/c1-29-14-7-4-12(5-8-14)20(26)18-19(17-3-2-10-30-17)25(22(28)21(18)27)16-11-13(23)6-9-15(16)24/h2-11,19,26H,1H3/b20-18-. The van der Waals surface area contributed by atoms with E-state index in [1.807, 2.05) is 0 Å². The average Bonchev–Trinajstić information content (AvgIpc) is 3.37. The first kappa shape index (κ1) is 19.8. The first-order valence-electron chi connectivity index (χ1n) is 8.86. The van der Waals surface area contributed by atoms with Gasteiger partial charge in [0, 0.05) is 16.5 Å². The van der Waals surface area contributed by atoms with Crippen molar-refractivity contribution in [3.8, 4) is 5.75 Å². The molecule has 1 fully saturated rings. The number of hydrogen-bond donors (Lipinski definition) is 1. The van der Waals surface area contributed by atoms with Gasteiger partial charge in [-0.05, 0) is 47.8 Å². The molecule has 2 aromatic carbocycles. The van der Waals surface area contributed by atoms with Gasteiger partial charge in [0.25, 0.3) is 11.7 Å². The summed E-state index contributed by atoms with van der Waals surface area (Å²) < 4.78 is 33.4. The highest BCUT2D eigenvalue weighted by Crippen LogP contribution is 2.44. The summed E-state index contributed by atoms with van der Waals surface area (Å²) in [5.41, 5.74) is -0.282. The number of aliphatic hydroxyl groups is 1. The number of Topliss-reactive ketones (excluding diaryl/α,β-unsaturated/α-hetero) is 1. The van der Waals surface area contributed by atoms with Crippen LogP contribution in [-0.2, 0) is 9.59 Å². The third-order valence-corrected chi connectivity index (χ3v) is 5.71. The molecule has 0 radical (unpaired) electrons. The van der Waals surface area contributed by atoms with Crippen molar-refractivity contribution in [3.05, 3.63) is 87.6 Å². The smallest absolute Gasteiger partial charge is 0.300 e. The Kier molecular flexibility index (Phi) is 5.09. The Bertz CT molecular complexity index is 1160. The first-order chi connectivity index (χ1) is 14.4. The number of carbonyl (C=O) groups is 2. The number of thiophene rings is 1. The second kappa shape index (κ2) is 7.72. The summed E-state index contributed by atoms with van der Waals surface area (Å²) in [6, 6.07) is 11.2. The van der Waals surface area contributed by atoms with Crippen LogP contribution in [0.1, 0.15) is 16.5 Å². The summed E-state index contributed by atoms with van der Waals surface area (Å²) in [5, 5.41) is 12.6. The number of rotatable bonds is 4. The number of hydrogen-bond acceptors (Lipinski definition) is 5. The van der Waals surface area contributed by atoms with E-state index in [2.05, 4.69) is 0 Å². The molecule has 1 aliphatic rings. The number of nitrogens with zero attached hydrogens (tertiary/aromatic N) is 1. The van der Waals surface area contributed by atoms with Gasteiger partial charge in [-0.15, -0.1) is 11.3 Å². The summed E-state index contributed by atoms with van der Waals surface area (Å²) in [6.45, 7) is 0. The summed E-state index contributed by atoms with van der Waals surface area (Å²) in [6.07, 6.45) is 0. The van der Waals surface area contributed by atoms with E-state index in [9.17, 15) is 23.5 Å². The van der Waals surface area contributed by atoms with Crippen LogP contribution >= 0.6 is 11.3 Å². The lowest BCUT2D eigenvalue weighted by Crippen LogP contribution is -2.30. The molecule has 4 rings (SSSR count). The van der Waals surface area contributed by atoms with E-state index in [4.69, 9.17) is 4.74 Å². The van der Waals surface area contributed by atoms with Crippen LogP contribution < -0.4 is 9.64 Å². The Hall–Kier alpha value is -3.52. The van der Waals surface area contributed by atoms with Crippen LogP contribution in [0, 0.1) is 11.6 Å². The van der Waals surface area contributed by atoms with Crippen LogP contribution in [0.2, 0.25) is 0 Å². The maximum Gasteiger partial charge on any atom is 0.300 e. The molecule has 152 valence electrons. The van der Waals surface area contributed by atoms with Crippen molar-refractivity contribution in [2.75, 3.05) is 12.0 Å². The molecular formula is C22H15F2NO4S. The summed E-state index contributed by atoms with van der Waals surface area (Å²) in [4.78, 5) is 27.1. The van der Waals surface area contributed by atoms with Crippen LogP contribution in [0.5, 0.6) is 5.75 Å². The Morgan fingerprint density at radius 2 is 1.83 bits per heavy atom. The Balaban J connectivity index is 1.92. The Morgan fingerprint density at radius 3 is 2.47 bits per heavy atom. The topological polar surface area (TPSA) is 66.8 Å². The number of carbonyl (C=O) groups excluding carboxylic acids is 2. The molecule has 1 aromatic heterocycles. The molecule has 1 N–H and O–H groups in total. The second-order valence-corrected chi connectivity index (χ2v) is 7.49. The minimum absolute atomic E-state index is 0.198. The lowest BCUT2D eigenvalue weighted by Gasteiger charge is -2.24. The lowest BCUT2D eigenvalue weighted by atomic mass is 9.99. The molecule has 5 nitrogen and oxygen atoms in total. The average molecular weight is 427 g/mol. The number of ether oxygens (including phenoxy) is 1. The first-order valence-corrected chi connectivity index (χ1v) is 9.74. The quantitative estimate of drug-likeness (QED) is 0.374. The van der Waals surface area contributed by atoms with Gasteiger partial charge in [-0.3, -0.25) is 14.5 Å². The largest absolute Gasteiger partial charge is 0.507 e. The fraction of sp³-hybridized carbons (Fsp3) is 0.0909. The van der Waals surface area contributed by atoms with Gasteiger partial charge in [0.15, 0.2) is 0 Å². The van der Waals surface area contributed by atoms with E-state index in [0.717, 1.165) is 23.1 Å². The second-order valence-electron chi connectivity index (χ2n) is 6.51. The summed E-state index contributed by atoms with van der Waals surface area (Å²) in [7, 11) is 1.49. The predicted molar refractivity (Wildman–Crippen MR) is 108 cm³/mol. The minimum atomic E-state index is -1.09. The van der Waals surface area contributed by atoms with E-state index in [1.165, 1.54) is 30.6 Å². The molecule has 8 heteroatoms. The third-order valence-electron chi connectivity index (χ3n) is 4.79. The van der Waals surface area contributed by atoms with Crippen molar-refractivity contribution in [2.45, 2.75) is 6.04 Å². The van der Waals surface area contributed by atoms with Gasteiger partial charge in [0.1, 0.15) is 29.2 Å². The summed E-state index contributed by atoms with van der Waals surface area (Å²) in [5.74, 6) is -3.51. The molecule has 1 atom stereocenters. The van der Waals surface area contributed by atoms with Crippen molar-refractivity contribution in [2.24, 2.45) is 0 Å². The molecule has 30 heavy (non-hydrogen) atoms. The molecule has 0 saturated carbocycles. The van der Waals surface area contributed by atoms with Crippen molar-refractivity contribution in [1.29, 1.82) is 0 Å². The Morgan fingerprint density at radius 1 is 1.10 bits per heavy atom. The minimum Gasteiger partial charge on any atom is -0.507 e. The molecule has 3 aromatic rings. The fourth-order valence-corrected chi connectivity index (χ4v) is 4.20. The van der Waals surface area contributed by atoms with Gasteiger partial charge in [-0.25, -0.2) is 8.78 Å². The highest BCUT2D eigenvalue weighted by atomic mass is 32.1. The molecule has 1 unspecified atom stereocenters. The molecule has 0 aliphatic carbocycles. The zero-order chi connectivity index (χ0) is 21.4. The van der Waals surface area contributed by atoms with Crippen molar-refractivity contribution >= 4 is 34.5 Å². The molecule has 0 bridgehead atoms. The van der Waals surface area contributed by atoms with E-state index in [0.29, 0.717) is 10.6 Å². The maximum atomic E-state index is 14.5. The SMILES string of the molecule is COc1ccc(/C(O)=C2/C(=O)C(=O)N(c3cc(F)ccc3F)C2c2cccs2)cc1. The third kappa shape index (κ3) is 3.25. The molecule has 0 spiro atoms. The van der Waals surface area contributed by atoms with E-state index in [-0.39, 0.29) is 16.8 Å². The van der Waals surface area contributed by atoms with Crippen LogP contribution in [0.25, 0.3) is 5.76 Å². The lowest BCUT2D eigenvalue weighted by molar-refractivity contribution is -0.132. The zero-order valence-electron chi connectivity index (χ0n) is 15.6. The molecular weight excluding hydrogens is 412 g/mol. The van der Waals surface area contributed by atoms with Crippen LogP contribution in [0.15, 0.2) is 65.6 Å². The highest BCUT2D eigenvalue weighted by Gasteiger charge is 2.48. The van der Waals surface area contributed by atoms with Crippen LogP contribution in [0.4, 0.5) is 14.5 Å². The number of amides is 1. The number of anilines is 1. The normalized spacial score (nSPS) is 18.1. The molecule has 1 aliphatic heterocycles. The van der Waals surface area contributed by atoms with Gasteiger partial charge >= 0.3 is 0 Å². The van der Waals surface area contributed by atoms with Gasteiger partial charge in [-0.1, -0.05) is 6.07 Å². The molecule has 1 saturated heterocycles. The number of ketones is 1. The number of halogens is 2. The van der Waals surface area contributed by atoms with E-state index >= 15 is 0 Å². The summed E-state index contributed by atoms with van der Waals surface area (Å²) >= 11 is 1.23. The maximum absolute atomic E-state index is 14.5. The number of aliphatic hydroxyl groups excluding tert-OH is 1. The molecule has 2 heterocycles. The number of benzene rings is 2. The van der Waals surface area contributed by atoms with Gasteiger partial charge in [0.05, 0.1) is 18.4 Å². The van der Waals surface area contributed by atoms with Crippen molar-refractivity contribution in [3.63, 3.8) is 0 Å². The molecule has 1 amide bonds. The van der Waals surface area contributed by atoms with E-state index in [1.54, 1.807) is 29.6 Å². The van der Waals surface area contributed by atoms with Gasteiger partial charge in [-0.2, -0.15) is 0 Å². The fourth-order valence-electron chi connectivity index (χ4n) is 3.37. The predicted octanol–water partition coefficient (Wildman–Crippen LogP) is 4.66. The van der Waals surface area contributed by atoms with Gasteiger partial charge < -0.3 is 9.84 Å². The van der Waals surface area contributed by atoms with Gasteiger partial charge in [0.2, 0.25) is 0 Å². The van der Waals surface area contributed by atoms with Crippen LogP contribution in [-0.4, -0.2) is 23.9 Å².